The van der Waals surface area contributed by atoms with Crippen LogP contribution in [0.1, 0.15) is 5.56 Å². The molecule has 2 rings (SSSR count). The van der Waals surface area contributed by atoms with E-state index in [1.54, 1.807) is 24.3 Å². The summed E-state index contributed by atoms with van der Waals surface area (Å²) in [6.07, 6.45) is 2.45. The maximum Gasteiger partial charge on any atom is 0.390 e. The summed E-state index contributed by atoms with van der Waals surface area (Å²) in [7, 11) is -3.48. The molecule has 20 heavy (non-hydrogen) atoms. The van der Waals surface area contributed by atoms with Crippen LogP contribution < -0.4 is 0 Å². The minimum Gasteiger partial charge on any atom is -0.358 e. The Hall–Kier alpha value is -2.26. The molecule has 1 aromatic carbocycles. The summed E-state index contributed by atoms with van der Waals surface area (Å²) in [5, 5.41) is 14.3. The lowest BCUT2D eigenvalue weighted by molar-refractivity contribution is -0.389. The van der Waals surface area contributed by atoms with Gasteiger partial charge in [0.15, 0.2) is 0 Å². The molecule has 0 saturated heterocycles. The third-order valence-corrected chi connectivity index (χ3v) is 2.95. The van der Waals surface area contributed by atoms with E-state index in [0.717, 1.165) is 6.26 Å². The number of nitrogens with zero attached hydrogens (tertiary/aromatic N) is 3. The number of nitro groups is 1. The predicted octanol–water partition coefficient (Wildman–Crippen LogP) is 1.26. The van der Waals surface area contributed by atoms with Gasteiger partial charge in [-0.25, -0.2) is 0 Å². The summed E-state index contributed by atoms with van der Waals surface area (Å²) in [6.45, 7) is -0.0572. The van der Waals surface area contributed by atoms with Gasteiger partial charge >= 0.3 is 5.82 Å². The van der Waals surface area contributed by atoms with Gasteiger partial charge < -0.3 is 10.1 Å². The second kappa shape index (κ2) is 5.39. The molecule has 0 saturated carbocycles. The maximum absolute atomic E-state index is 10.9. The Morgan fingerprint density at radius 1 is 1.30 bits per heavy atom. The lowest BCUT2D eigenvalue weighted by Crippen LogP contribution is -2.03. The monoisotopic (exact) mass is 297 g/mol. The van der Waals surface area contributed by atoms with Crippen LogP contribution in [0.25, 0.3) is 5.69 Å². The molecule has 9 heteroatoms. The van der Waals surface area contributed by atoms with Crippen LogP contribution in [0, 0.1) is 10.1 Å². The normalized spacial score (nSPS) is 11.4. The molecule has 0 amide bonds. The highest BCUT2D eigenvalue weighted by molar-refractivity contribution is 7.85. The summed E-state index contributed by atoms with van der Waals surface area (Å²) >= 11 is 0. The van der Waals surface area contributed by atoms with Crippen LogP contribution in [-0.4, -0.2) is 29.4 Å². The van der Waals surface area contributed by atoms with Crippen LogP contribution in [0.2, 0.25) is 0 Å². The van der Waals surface area contributed by atoms with E-state index in [4.69, 9.17) is 0 Å². The van der Waals surface area contributed by atoms with Gasteiger partial charge in [-0.2, -0.15) is 8.42 Å². The average molecular weight is 297 g/mol. The summed E-state index contributed by atoms with van der Waals surface area (Å²) < 4.78 is 27.7. The second-order valence-corrected chi connectivity index (χ2v) is 5.65. The molecule has 0 spiro atoms. The second-order valence-electron chi connectivity index (χ2n) is 4.01. The number of benzene rings is 1. The average Bonchev–Trinajstić information content (AvgIpc) is 2.86. The Kier molecular flexibility index (Phi) is 3.81. The van der Waals surface area contributed by atoms with Gasteiger partial charge in [0.25, 0.3) is 10.1 Å². The molecular formula is C11H11N3O5S. The van der Waals surface area contributed by atoms with E-state index >= 15 is 0 Å². The van der Waals surface area contributed by atoms with Gasteiger partial charge in [-0.05, 0) is 22.6 Å². The van der Waals surface area contributed by atoms with E-state index in [1.807, 2.05) is 0 Å². The zero-order valence-electron chi connectivity index (χ0n) is 10.5. The lowest BCUT2D eigenvalue weighted by atomic mass is 10.2. The van der Waals surface area contributed by atoms with Crippen LogP contribution in [0.3, 0.4) is 0 Å². The van der Waals surface area contributed by atoms with Crippen molar-refractivity contribution in [3.8, 4) is 5.69 Å². The Bertz CT molecular complexity index is 721. The first-order chi connectivity index (χ1) is 9.35. The molecule has 0 aliphatic heterocycles. The minimum atomic E-state index is -3.48. The summed E-state index contributed by atoms with van der Waals surface area (Å²) in [5.74, 6) is -0.241. The fraction of sp³-hybridized carbons (Fsp3) is 0.182. The zero-order chi connectivity index (χ0) is 14.8. The molecule has 0 N–H and O–H groups in total. The summed E-state index contributed by atoms with van der Waals surface area (Å²) in [5.41, 5.74) is 1.29. The van der Waals surface area contributed by atoms with Crippen molar-refractivity contribution >= 4 is 15.9 Å². The Balaban J connectivity index is 2.13. The SMILES string of the molecule is CS(=O)(=O)OCc1ccc(-n2ccc([N+](=O)[O-])n2)cc1. The molecule has 0 fully saturated rings. The topological polar surface area (TPSA) is 104 Å². The summed E-state index contributed by atoms with van der Waals surface area (Å²) in [6, 6.07) is 7.94. The quantitative estimate of drug-likeness (QED) is 0.467. The molecular weight excluding hydrogens is 286 g/mol. The Morgan fingerprint density at radius 3 is 2.45 bits per heavy atom. The molecule has 0 unspecified atom stereocenters. The minimum absolute atomic E-state index is 0.0572. The molecule has 106 valence electrons. The highest BCUT2D eigenvalue weighted by Gasteiger charge is 2.12. The van der Waals surface area contributed by atoms with E-state index in [0.29, 0.717) is 11.3 Å². The van der Waals surface area contributed by atoms with Crippen molar-refractivity contribution in [2.45, 2.75) is 6.61 Å². The highest BCUT2D eigenvalue weighted by atomic mass is 32.2. The van der Waals surface area contributed by atoms with E-state index < -0.39 is 15.0 Å². The van der Waals surface area contributed by atoms with Gasteiger partial charge in [0.1, 0.15) is 0 Å². The smallest absolute Gasteiger partial charge is 0.358 e. The number of rotatable bonds is 5. The Labute approximate surface area is 114 Å². The molecule has 0 aliphatic carbocycles. The van der Waals surface area contributed by atoms with E-state index in [2.05, 4.69) is 9.28 Å². The van der Waals surface area contributed by atoms with Crippen LogP contribution >= 0.6 is 0 Å². The standard InChI is InChI=1S/C11H11N3O5S/c1-20(17,18)19-8-9-2-4-10(5-3-9)13-7-6-11(12-13)14(15)16/h2-7H,8H2,1H3. The fourth-order valence-corrected chi connectivity index (χ4v) is 1.83. The first-order valence-electron chi connectivity index (χ1n) is 5.49. The van der Waals surface area contributed by atoms with Crippen molar-refractivity contribution < 1.29 is 17.5 Å². The third-order valence-electron chi connectivity index (χ3n) is 2.40. The van der Waals surface area contributed by atoms with Crippen LogP contribution in [0.4, 0.5) is 5.82 Å². The number of hydrogen-bond donors (Lipinski definition) is 0. The van der Waals surface area contributed by atoms with Crippen molar-refractivity contribution in [2.24, 2.45) is 0 Å². The Morgan fingerprint density at radius 2 is 1.95 bits per heavy atom. The molecule has 1 heterocycles. The largest absolute Gasteiger partial charge is 0.390 e. The molecule has 2 aromatic rings. The van der Waals surface area contributed by atoms with Crippen molar-refractivity contribution in [1.82, 2.24) is 9.78 Å². The van der Waals surface area contributed by atoms with E-state index in [-0.39, 0.29) is 12.4 Å². The number of aromatic nitrogens is 2. The van der Waals surface area contributed by atoms with Crippen molar-refractivity contribution in [2.75, 3.05) is 6.26 Å². The molecule has 0 atom stereocenters. The molecule has 0 radical (unpaired) electrons. The van der Waals surface area contributed by atoms with Gasteiger partial charge in [0, 0.05) is 0 Å². The predicted molar refractivity (Wildman–Crippen MR) is 69.9 cm³/mol. The van der Waals surface area contributed by atoms with Crippen LogP contribution in [0.5, 0.6) is 0 Å². The van der Waals surface area contributed by atoms with E-state index in [9.17, 15) is 18.5 Å². The van der Waals surface area contributed by atoms with Gasteiger partial charge in [0.2, 0.25) is 0 Å². The number of hydrogen-bond acceptors (Lipinski definition) is 6. The van der Waals surface area contributed by atoms with Crippen LogP contribution in [-0.2, 0) is 20.9 Å². The van der Waals surface area contributed by atoms with Gasteiger partial charge in [-0.3, -0.25) is 4.18 Å². The highest BCUT2D eigenvalue weighted by Crippen LogP contribution is 2.13. The van der Waals surface area contributed by atoms with Crippen molar-refractivity contribution in [3.05, 3.63) is 52.2 Å². The van der Waals surface area contributed by atoms with Crippen molar-refractivity contribution in [1.29, 1.82) is 0 Å². The third kappa shape index (κ3) is 3.62. The molecule has 0 bridgehead atoms. The van der Waals surface area contributed by atoms with E-state index in [1.165, 1.54) is 16.9 Å². The van der Waals surface area contributed by atoms with Crippen LogP contribution in [0.15, 0.2) is 36.5 Å². The first kappa shape index (κ1) is 14.2. The maximum atomic E-state index is 10.9. The molecule has 8 nitrogen and oxygen atoms in total. The molecule has 1 aromatic heterocycles. The van der Waals surface area contributed by atoms with Gasteiger partial charge in [0.05, 0.1) is 35.9 Å². The molecule has 0 aliphatic rings. The lowest BCUT2D eigenvalue weighted by Gasteiger charge is -2.02. The van der Waals surface area contributed by atoms with Gasteiger partial charge in [-0.1, -0.05) is 12.1 Å². The van der Waals surface area contributed by atoms with Crippen molar-refractivity contribution in [3.63, 3.8) is 0 Å². The van der Waals surface area contributed by atoms with Gasteiger partial charge in [-0.15, -0.1) is 4.68 Å². The fourth-order valence-electron chi connectivity index (χ4n) is 1.48. The first-order valence-corrected chi connectivity index (χ1v) is 7.30. The zero-order valence-corrected chi connectivity index (χ0v) is 11.3. The summed E-state index contributed by atoms with van der Waals surface area (Å²) in [4.78, 5) is 9.96.